The molecule has 0 N–H and O–H groups in total. The number of piperidine rings is 1. The van der Waals surface area contributed by atoms with Crippen molar-refractivity contribution in [2.75, 3.05) is 24.5 Å². The monoisotopic (exact) mass is 354 g/mol. The van der Waals surface area contributed by atoms with Crippen molar-refractivity contribution in [3.8, 4) is 0 Å². The molecule has 1 fully saturated rings. The number of ketones is 1. The molecule has 3 heterocycles. The second kappa shape index (κ2) is 6.86. The number of Topliss-reactive ketones (excluding diaryl/α,β-unsaturated/α-hetero) is 1. The van der Waals surface area contributed by atoms with Gasteiger partial charge in [-0.3, -0.25) is 14.4 Å². The number of hydrogen-bond donors (Lipinski definition) is 0. The molecule has 1 aromatic carbocycles. The average molecular weight is 354 g/mol. The van der Waals surface area contributed by atoms with E-state index in [4.69, 9.17) is 0 Å². The van der Waals surface area contributed by atoms with Crippen LogP contribution in [0, 0.1) is 5.92 Å². The van der Waals surface area contributed by atoms with Crippen molar-refractivity contribution in [2.24, 2.45) is 5.92 Å². The van der Waals surface area contributed by atoms with E-state index in [0.717, 1.165) is 74.1 Å². The zero-order chi connectivity index (χ0) is 18.3. The summed E-state index contributed by atoms with van der Waals surface area (Å²) in [4.78, 5) is 40.1. The molecule has 0 spiro atoms. The Balaban J connectivity index is 1.40. The molecule has 3 aliphatic heterocycles. The number of carbonyl (C=O) groups is 3. The van der Waals surface area contributed by atoms with Gasteiger partial charge >= 0.3 is 0 Å². The minimum absolute atomic E-state index is 0.148. The van der Waals surface area contributed by atoms with E-state index >= 15 is 0 Å². The van der Waals surface area contributed by atoms with Gasteiger partial charge in [0.2, 0.25) is 11.8 Å². The van der Waals surface area contributed by atoms with Gasteiger partial charge in [-0.15, -0.1) is 0 Å². The van der Waals surface area contributed by atoms with Crippen molar-refractivity contribution in [1.29, 1.82) is 0 Å². The smallest absolute Gasteiger partial charge is 0.231 e. The zero-order valence-corrected chi connectivity index (χ0v) is 15.4. The minimum atomic E-state index is 0.148. The molecule has 5 heteroatoms. The summed E-state index contributed by atoms with van der Waals surface area (Å²) >= 11 is 0. The quantitative estimate of drug-likeness (QED) is 0.781. The Hall–Kier alpha value is -2.17. The molecule has 138 valence electrons. The minimum Gasteiger partial charge on any atom is -0.343 e. The molecule has 0 aromatic heterocycles. The molecule has 2 amide bonds. The summed E-state index contributed by atoms with van der Waals surface area (Å²) in [6.45, 7) is 4.06. The maximum absolute atomic E-state index is 12.7. The number of nitrogens with zero attached hydrogens (tertiary/aromatic N) is 2. The van der Waals surface area contributed by atoms with Crippen LogP contribution in [0.25, 0.3) is 0 Å². The number of aryl methyl sites for hydroxylation is 1. The molecule has 0 atom stereocenters. The lowest BCUT2D eigenvalue weighted by atomic mass is 9.89. The highest BCUT2D eigenvalue weighted by molar-refractivity contribution is 6.05. The summed E-state index contributed by atoms with van der Waals surface area (Å²) in [7, 11) is 0. The lowest BCUT2D eigenvalue weighted by Gasteiger charge is -2.31. The lowest BCUT2D eigenvalue weighted by Crippen LogP contribution is -2.37. The van der Waals surface area contributed by atoms with E-state index in [1.165, 1.54) is 0 Å². The fraction of sp³-hybridized carbons (Fsp3) is 0.571. The molecule has 26 heavy (non-hydrogen) atoms. The summed E-state index contributed by atoms with van der Waals surface area (Å²) in [5.41, 5.74) is 4.05. The van der Waals surface area contributed by atoms with Crippen molar-refractivity contribution in [1.82, 2.24) is 4.90 Å². The van der Waals surface area contributed by atoms with Crippen LogP contribution in [0.3, 0.4) is 0 Å². The van der Waals surface area contributed by atoms with Crippen LogP contribution in [0.2, 0.25) is 0 Å². The van der Waals surface area contributed by atoms with E-state index in [2.05, 4.69) is 0 Å². The van der Waals surface area contributed by atoms with Gasteiger partial charge < -0.3 is 9.80 Å². The number of rotatable bonds is 4. The largest absolute Gasteiger partial charge is 0.343 e. The molecule has 5 nitrogen and oxygen atoms in total. The molecule has 3 aliphatic rings. The SMILES string of the molecule is CC(=O)N1CCC(CCC(=O)c2cc3c4c(c2)CC(=O)N4CCC3)CC1. The third-order valence-electron chi connectivity index (χ3n) is 6.17. The van der Waals surface area contributed by atoms with Gasteiger partial charge in [0, 0.05) is 38.5 Å². The fourth-order valence-electron chi connectivity index (χ4n) is 4.66. The second-order valence-electron chi connectivity index (χ2n) is 7.88. The number of hydrogen-bond acceptors (Lipinski definition) is 3. The van der Waals surface area contributed by atoms with Gasteiger partial charge in [0.05, 0.1) is 12.1 Å². The first-order valence-electron chi connectivity index (χ1n) is 9.78. The van der Waals surface area contributed by atoms with Crippen LogP contribution >= 0.6 is 0 Å². The Morgan fingerprint density at radius 3 is 2.58 bits per heavy atom. The van der Waals surface area contributed by atoms with Crippen LogP contribution < -0.4 is 4.90 Å². The van der Waals surface area contributed by atoms with E-state index in [0.29, 0.717) is 18.8 Å². The van der Waals surface area contributed by atoms with Gasteiger partial charge in [-0.1, -0.05) is 0 Å². The molecule has 1 aromatic rings. The fourth-order valence-corrected chi connectivity index (χ4v) is 4.66. The predicted octanol–water partition coefficient (Wildman–Crippen LogP) is 2.74. The number of anilines is 1. The van der Waals surface area contributed by atoms with Crippen molar-refractivity contribution in [2.45, 2.75) is 51.9 Å². The van der Waals surface area contributed by atoms with Gasteiger partial charge in [-0.2, -0.15) is 0 Å². The van der Waals surface area contributed by atoms with Crippen LogP contribution in [0.4, 0.5) is 5.69 Å². The molecule has 0 unspecified atom stereocenters. The predicted molar refractivity (Wildman–Crippen MR) is 99.4 cm³/mol. The molecule has 0 aliphatic carbocycles. The Kier molecular flexibility index (Phi) is 4.55. The highest BCUT2D eigenvalue weighted by Crippen LogP contribution is 2.38. The van der Waals surface area contributed by atoms with Crippen LogP contribution in [-0.4, -0.2) is 42.1 Å². The van der Waals surface area contributed by atoms with Crippen molar-refractivity contribution in [3.63, 3.8) is 0 Å². The Bertz CT molecular complexity index is 763. The van der Waals surface area contributed by atoms with Gasteiger partial charge in [-0.25, -0.2) is 0 Å². The van der Waals surface area contributed by atoms with Crippen LogP contribution in [-0.2, 0) is 22.4 Å². The maximum atomic E-state index is 12.7. The van der Waals surface area contributed by atoms with Crippen LogP contribution in [0.15, 0.2) is 12.1 Å². The van der Waals surface area contributed by atoms with Crippen molar-refractivity contribution in [3.05, 3.63) is 28.8 Å². The van der Waals surface area contributed by atoms with Crippen LogP contribution in [0.1, 0.15) is 60.5 Å². The molecule has 1 saturated heterocycles. The highest BCUT2D eigenvalue weighted by atomic mass is 16.2. The summed E-state index contributed by atoms with van der Waals surface area (Å²) < 4.78 is 0. The van der Waals surface area contributed by atoms with E-state index in [-0.39, 0.29) is 17.6 Å². The third-order valence-corrected chi connectivity index (χ3v) is 6.17. The summed E-state index contributed by atoms with van der Waals surface area (Å²) in [6, 6.07) is 3.97. The summed E-state index contributed by atoms with van der Waals surface area (Å²) in [6.07, 6.45) is 5.80. The topological polar surface area (TPSA) is 57.7 Å². The van der Waals surface area contributed by atoms with Crippen molar-refractivity contribution < 1.29 is 14.4 Å². The summed E-state index contributed by atoms with van der Waals surface area (Å²) in [5, 5.41) is 0. The highest BCUT2D eigenvalue weighted by Gasteiger charge is 2.33. The average Bonchev–Trinajstić information content (AvgIpc) is 2.97. The standard InChI is InChI=1S/C21H26N2O3/c1-14(24)22-9-6-15(7-10-22)4-5-19(25)17-11-16-3-2-8-23-20(26)13-18(12-17)21(16)23/h11-12,15H,2-10,13H2,1H3. The Morgan fingerprint density at radius 1 is 1.12 bits per heavy atom. The molecular formula is C21H26N2O3. The van der Waals surface area contributed by atoms with Gasteiger partial charge in [0.25, 0.3) is 0 Å². The Morgan fingerprint density at radius 2 is 1.85 bits per heavy atom. The normalized spacial score (nSPS) is 19.7. The number of benzene rings is 1. The van der Waals surface area contributed by atoms with Gasteiger partial charge in [0.15, 0.2) is 5.78 Å². The molecule has 0 radical (unpaired) electrons. The van der Waals surface area contributed by atoms with E-state index in [1.54, 1.807) is 6.92 Å². The summed E-state index contributed by atoms with van der Waals surface area (Å²) in [5.74, 6) is 1.03. The number of likely N-dealkylation sites (tertiary alicyclic amines) is 1. The third kappa shape index (κ3) is 3.15. The molecular weight excluding hydrogens is 328 g/mol. The first-order valence-corrected chi connectivity index (χ1v) is 9.78. The molecule has 0 saturated carbocycles. The molecule has 4 rings (SSSR count). The second-order valence-corrected chi connectivity index (χ2v) is 7.88. The van der Waals surface area contributed by atoms with Crippen molar-refractivity contribution >= 4 is 23.3 Å². The van der Waals surface area contributed by atoms with E-state index in [9.17, 15) is 14.4 Å². The first-order chi connectivity index (χ1) is 12.5. The lowest BCUT2D eigenvalue weighted by molar-refractivity contribution is -0.130. The molecule has 0 bridgehead atoms. The van der Waals surface area contributed by atoms with E-state index < -0.39 is 0 Å². The number of amides is 2. The maximum Gasteiger partial charge on any atom is 0.231 e. The van der Waals surface area contributed by atoms with Gasteiger partial charge in [0.1, 0.15) is 0 Å². The van der Waals surface area contributed by atoms with E-state index in [1.807, 2.05) is 21.9 Å². The zero-order valence-electron chi connectivity index (χ0n) is 15.4. The Labute approximate surface area is 154 Å². The first kappa shape index (κ1) is 17.3. The van der Waals surface area contributed by atoms with Gasteiger partial charge in [-0.05, 0) is 61.3 Å². The van der Waals surface area contributed by atoms with Crippen LogP contribution in [0.5, 0.6) is 0 Å². The number of carbonyl (C=O) groups excluding carboxylic acids is 3.